The SMILES string of the molecule is NC(CO)c1ccc(-c2cnc(N3CCCC(O)C3)nc2)cc1C(F)(F)F. The largest absolute Gasteiger partial charge is 0.416 e. The topological polar surface area (TPSA) is 95.5 Å². The van der Waals surface area contributed by atoms with Crippen LogP contribution in [0, 0.1) is 0 Å². The van der Waals surface area contributed by atoms with Crippen LogP contribution in [-0.4, -0.2) is 46.0 Å². The minimum atomic E-state index is -4.59. The summed E-state index contributed by atoms with van der Waals surface area (Å²) in [5.41, 5.74) is 5.29. The molecule has 3 rings (SSSR count). The Kier molecular flexibility index (Phi) is 5.64. The van der Waals surface area contributed by atoms with Crippen LogP contribution in [0.3, 0.4) is 0 Å². The lowest BCUT2D eigenvalue weighted by Crippen LogP contribution is -2.39. The second-order valence-electron chi connectivity index (χ2n) is 6.60. The minimum absolute atomic E-state index is 0.159. The molecule has 0 saturated carbocycles. The van der Waals surface area contributed by atoms with Crippen LogP contribution >= 0.6 is 0 Å². The molecule has 1 aliphatic heterocycles. The predicted molar refractivity (Wildman–Crippen MR) is 93.9 cm³/mol. The van der Waals surface area contributed by atoms with E-state index in [-0.39, 0.29) is 5.56 Å². The summed E-state index contributed by atoms with van der Waals surface area (Å²) in [7, 11) is 0. The third-order valence-corrected chi connectivity index (χ3v) is 4.61. The van der Waals surface area contributed by atoms with E-state index in [1.54, 1.807) is 0 Å². The van der Waals surface area contributed by atoms with Crippen LogP contribution in [0.1, 0.15) is 30.0 Å². The van der Waals surface area contributed by atoms with Crippen molar-refractivity contribution in [3.05, 3.63) is 41.7 Å². The third-order valence-electron chi connectivity index (χ3n) is 4.61. The fourth-order valence-electron chi connectivity index (χ4n) is 3.17. The summed E-state index contributed by atoms with van der Waals surface area (Å²) in [6.07, 6.45) is -0.539. The van der Waals surface area contributed by atoms with Gasteiger partial charge in [0.1, 0.15) is 0 Å². The van der Waals surface area contributed by atoms with Crippen LogP contribution in [0.5, 0.6) is 0 Å². The Hall–Kier alpha value is -2.23. The van der Waals surface area contributed by atoms with Crippen LogP contribution in [0.2, 0.25) is 0 Å². The summed E-state index contributed by atoms with van der Waals surface area (Å²) in [5, 5.41) is 18.8. The highest BCUT2D eigenvalue weighted by molar-refractivity contribution is 5.64. The Bertz CT molecular complexity index is 783. The van der Waals surface area contributed by atoms with Crippen molar-refractivity contribution in [2.24, 2.45) is 5.73 Å². The molecule has 2 unspecified atom stereocenters. The third kappa shape index (κ3) is 4.37. The molecule has 4 N–H and O–H groups in total. The molecule has 1 aliphatic rings. The van der Waals surface area contributed by atoms with Crippen molar-refractivity contribution in [1.29, 1.82) is 0 Å². The zero-order valence-corrected chi connectivity index (χ0v) is 14.5. The number of hydrogen-bond donors (Lipinski definition) is 3. The molecule has 9 heteroatoms. The van der Waals surface area contributed by atoms with E-state index in [0.29, 0.717) is 23.6 Å². The fourth-order valence-corrected chi connectivity index (χ4v) is 3.17. The fraction of sp³-hybridized carbons (Fsp3) is 0.444. The van der Waals surface area contributed by atoms with Crippen LogP contribution in [0.4, 0.5) is 19.1 Å². The lowest BCUT2D eigenvalue weighted by molar-refractivity contribution is -0.138. The van der Waals surface area contributed by atoms with Gasteiger partial charge in [-0.15, -0.1) is 0 Å². The quantitative estimate of drug-likeness (QED) is 0.750. The molecule has 0 amide bonds. The number of β-amino-alcohol motifs (C(OH)–C–C–N with tert-alkyl or cyclic N) is 1. The molecule has 1 fully saturated rings. The van der Waals surface area contributed by atoms with Gasteiger partial charge in [-0.3, -0.25) is 0 Å². The van der Waals surface area contributed by atoms with Gasteiger partial charge in [0, 0.05) is 31.0 Å². The molecule has 0 radical (unpaired) electrons. The van der Waals surface area contributed by atoms with Crippen LogP contribution in [0.25, 0.3) is 11.1 Å². The standard InChI is InChI=1S/C18H21F3N4O2/c19-18(20,21)15-6-11(3-4-14(15)16(22)10-26)12-7-23-17(24-8-12)25-5-1-2-13(27)9-25/h3-4,6-8,13,16,26-27H,1-2,5,9-10,22H2. The number of alkyl halides is 3. The number of halogens is 3. The summed E-state index contributed by atoms with van der Waals surface area (Å²) >= 11 is 0. The van der Waals surface area contributed by atoms with Crippen molar-refractivity contribution >= 4 is 5.95 Å². The molecular weight excluding hydrogens is 361 g/mol. The van der Waals surface area contributed by atoms with Crippen molar-refractivity contribution in [2.45, 2.75) is 31.2 Å². The lowest BCUT2D eigenvalue weighted by Gasteiger charge is -2.29. The molecule has 146 valence electrons. The zero-order valence-electron chi connectivity index (χ0n) is 14.5. The number of aromatic nitrogens is 2. The summed E-state index contributed by atoms with van der Waals surface area (Å²) in [6.45, 7) is 0.579. The number of piperidine rings is 1. The van der Waals surface area contributed by atoms with Crippen molar-refractivity contribution in [1.82, 2.24) is 9.97 Å². The highest BCUT2D eigenvalue weighted by atomic mass is 19.4. The smallest absolute Gasteiger partial charge is 0.394 e. The molecule has 6 nitrogen and oxygen atoms in total. The minimum Gasteiger partial charge on any atom is -0.394 e. The second-order valence-corrected chi connectivity index (χ2v) is 6.60. The van der Waals surface area contributed by atoms with Gasteiger partial charge in [0.2, 0.25) is 5.95 Å². The Labute approximate surface area is 154 Å². The number of nitrogens with zero attached hydrogens (tertiary/aromatic N) is 3. The second kappa shape index (κ2) is 7.79. The van der Waals surface area contributed by atoms with E-state index in [1.165, 1.54) is 24.5 Å². The molecule has 2 atom stereocenters. The molecular formula is C18H21F3N4O2. The van der Waals surface area contributed by atoms with E-state index in [1.807, 2.05) is 4.90 Å². The molecule has 1 saturated heterocycles. The van der Waals surface area contributed by atoms with Crippen molar-refractivity contribution in [3.63, 3.8) is 0 Å². The maximum absolute atomic E-state index is 13.4. The Balaban J connectivity index is 1.90. The summed E-state index contributed by atoms with van der Waals surface area (Å²) in [4.78, 5) is 10.3. The van der Waals surface area contributed by atoms with Crippen LogP contribution in [0.15, 0.2) is 30.6 Å². The normalized spacial score (nSPS) is 19.2. The Morgan fingerprint density at radius 2 is 1.93 bits per heavy atom. The first-order valence-corrected chi connectivity index (χ1v) is 8.62. The van der Waals surface area contributed by atoms with E-state index in [9.17, 15) is 18.3 Å². The number of hydrogen-bond acceptors (Lipinski definition) is 6. The van der Waals surface area contributed by atoms with Crippen LogP contribution < -0.4 is 10.6 Å². The van der Waals surface area contributed by atoms with Crippen molar-refractivity contribution in [3.8, 4) is 11.1 Å². The average molecular weight is 382 g/mol. The van der Waals surface area contributed by atoms with Gasteiger partial charge in [0.25, 0.3) is 0 Å². The molecule has 0 spiro atoms. The van der Waals surface area contributed by atoms with Gasteiger partial charge in [-0.1, -0.05) is 12.1 Å². The van der Waals surface area contributed by atoms with E-state index < -0.39 is 30.5 Å². The van der Waals surface area contributed by atoms with Gasteiger partial charge >= 0.3 is 6.18 Å². The molecule has 1 aromatic carbocycles. The molecule has 2 heterocycles. The first-order chi connectivity index (χ1) is 12.8. The number of aliphatic hydroxyl groups excluding tert-OH is 2. The van der Waals surface area contributed by atoms with Crippen LogP contribution in [-0.2, 0) is 6.18 Å². The number of benzene rings is 1. The first kappa shape index (κ1) is 19.5. The monoisotopic (exact) mass is 382 g/mol. The number of rotatable bonds is 4. The molecule has 0 bridgehead atoms. The highest BCUT2D eigenvalue weighted by Gasteiger charge is 2.35. The van der Waals surface area contributed by atoms with Gasteiger partial charge in [-0.25, -0.2) is 9.97 Å². The lowest BCUT2D eigenvalue weighted by atomic mass is 9.96. The number of aliphatic hydroxyl groups is 2. The average Bonchev–Trinajstić information content (AvgIpc) is 2.66. The van der Waals surface area contributed by atoms with E-state index >= 15 is 0 Å². The van der Waals surface area contributed by atoms with E-state index in [0.717, 1.165) is 25.5 Å². The maximum Gasteiger partial charge on any atom is 0.416 e. The zero-order chi connectivity index (χ0) is 19.6. The predicted octanol–water partition coefficient (Wildman–Crippen LogP) is 2.12. The summed E-state index contributed by atoms with van der Waals surface area (Å²) in [5.74, 6) is 0.437. The number of nitrogens with two attached hydrogens (primary N) is 1. The highest BCUT2D eigenvalue weighted by Crippen LogP contribution is 2.36. The Morgan fingerprint density at radius 3 is 2.52 bits per heavy atom. The van der Waals surface area contributed by atoms with Gasteiger partial charge in [-0.2, -0.15) is 13.2 Å². The van der Waals surface area contributed by atoms with Gasteiger partial charge in [-0.05, 0) is 30.0 Å². The molecule has 1 aromatic heterocycles. The number of anilines is 1. The summed E-state index contributed by atoms with van der Waals surface area (Å²) < 4.78 is 40.2. The molecule has 0 aliphatic carbocycles. The Morgan fingerprint density at radius 1 is 1.22 bits per heavy atom. The van der Waals surface area contributed by atoms with Gasteiger partial charge in [0.05, 0.1) is 24.3 Å². The molecule has 27 heavy (non-hydrogen) atoms. The van der Waals surface area contributed by atoms with E-state index in [2.05, 4.69) is 9.97 Å². The van der Waals surface area contributed by atoms with Crippen molar-refractivity contribution < 1.29 is 23.4 Å². The van der Waals surface area contributed by atoms with Crippen molar-refractivity contribution in [2.75, 3.05) is 24.6 Å². The first-order valence-electron chi connectivity index (χ1n) is 8.62. The van der Waals surface area contributed by atoms with Gasteiger partial charge < -0.3 is 20.8 Å². The maximum atomic E-state index is 13.4. The molecule has 2 aromatic rings. The van der Waals surface area contributed by atoms with Gasteiger partial charge in [0.15, 0.2) is 0 Å². The van der Waals surface area contributed by atoms with E-state index in [4.69, 9.17) is 10.8 Å². The summed E-state index contributed by atoms with van der Waals surface area (Å²) in [6, 6.07) is 2.66.